The fourth-order valence-corrected chi connectivity index (χ4v) is 1.34. The molecule has 1 rings (SSSR count). The summed E-state index contributed by atoms with van der Waals surface area (Å²) in [5, 5.41) is 8.30. The Morgan fingerprint density at radius 2 is 1.50 bits per heavy atom. The molecular formula is C10H10F8O2. The zero-order valence-corrected chi connectivity index (χ0v) is 10.0. The summed E-state index contributed by atoms with van der Waals surface area (Å²) in [5.41, 5.74) is -4.95. The second-order valence-corrected chi connectivity index (χ2v) is 4.58. The van der Waals surface area contributed by atoms with Crippen LogP contribution in [-0.4, -0.2) is 47.6 Å². The fraction of sp³-hybridized carbons (Fsp3) is 0.800. The zero-order valence-electron chi connectivity index (χ0n) is 10.0. The van der Waals surface area contributed by atoms with Crippen molar-refractivity contribution in [1.29, 1.82) is 0 Å². The van der Waals surface area contributed by atoms with E-state index in [1.807, 2.05) is 0 Å². The van der Waals surface area contributed by atoms with Crippen molar-refractivity contribution in [3.8, 4) is 0 Å². The Morgan fingerprint density at radius 1 is 1.10 bits per heavy atom. The summed E-state index contributed by atoms with van der Waals surface area (Å²) >= 11 is 0. The maximum Gasteiger partial charge on any atom is 0.382 e. The van der Waals surface area contributed by atoms with E-state index in [4.69, 9.17) is 5.11 Å². The third-order valence-electron chi connectivity index (χ3n) is 3.06. The van der Waals surface area contributed by atoms with Gasteiger partial charge in [0.25, 0.3) is 0 Å². The topological polar surface area (TPSA) is 32.8 Å². The van der Waals surface area contributed by atoms with Gasteiger partial charge in [-0.25, -0.2) is 0 Å². The van der Waals surface area contributed by atoms with Gasteiger partial charge in [0, 0.05) is 5.57 Å². The summed E-state index contributed by atoms with van der Waals surface area (Å²) in [5.74, 6) is -24.1. The van der Waals surface area contributed by atoms with Crippen LogP contribution in [0.5, 0.6) is 0 Å². The minimum Gasteiger partial charge on any atom is -0.392 e. The molecule has 1 heterocycles. The largest absolute Gasteiger partial charge is 0.392 e. The lowest BCUT2D eigenvalue weighted by atomic mass is 9.88. The molecule has 1 saturated heterocycles. The summed E-state index contributed by atoms with van der Waals surface area (Å²) in [4.78, 5) is 0. The standard InChI is InChI=1S/C10H10F8O2/c1-5(3-19)7(11,12)9(15,16)10(17,18)8(13,14)6(2)4-20-6/h19H,1,3-4H2,2H3. The van der Waals surface area contributed by atoms with Crippen molar-refractivity contribution in [1.82, 2.24) is 0 Å². The molecule has 20 heavy (non-hydrogen) atoms. The van der Waals surface area contributed by atoms with E-state index >= 15 is 0 Å². The molecule has 1 aliphatic rings. The summed E-state index contributed by atoms with van der Waals surface area (Å²) in [6.07, 6.45) is 0. The number of rotatable bonds is 6. The predicted molar refractivity (Wildman–Crippen MR) is 50.4 cm³/mol. The third-order valence-corrected chi connectivity index (χ3v) is 3.06. The molecule has 0 aromatic heterocycles. The van der Waals surface area contributed by atoms with Crippen LogP contribution in [0.25, 0.3) is 0 Å². The molecule has 1 N–H and O–H groups in total. The summed E-state index contributed by atoms with van der Waals surface area (Å²) in [7, 11) is 0. The van der Waals surface area contributed by atoms with E-state index in [1.165, 1.54) is 0 Å². The number of hydrogen-bond donors (Lipinski definition) is 1. The summed E-state index contributed by atoms with van der Waals surface area (Å²) in [6.45, 7) is -0.0460. The maximum absolute atomic E-state index is 13.4. The summed E-state index contributed by atoms with van der Waals surface area (Å²) < 4.78 is 110. The quantitative estimate of drug-likeness (QED) is 0.464. The van der Waals surface area contributed by atoms with Gasteiger partial charge >= 0.3 is 23.7 Å². The number of alkyl halides is 8. The Balaban J connectivity index is 3.28. The van der Waals surface area contributed by atoms with E-state index in [0.717, 1.165) is 0 Å². The fourth-order valence-electron chi connectivity index (χ4n) is 1.34. The van der Waals surface area contributed by atoms with Gasteiger partial charge in [-0.15, -0.1) is 0 Å². The predicted octanol–water partition coefficient (Wildman–Crippen LogP) is 2.87. The minimum atomic E-state index is -6.46. The highest BCUT2D eigenvalue weighted by molar-refractivity contribution is 5.22. The lowest BCUT2D eigenvalue weighted by Crippen LogP contribution is -2.66. The molecular weight excluding hydrogens is 304 g/mol. The van der Waals surface area contributed by atoms with Crippen LogP contribution in [0.15, 0.2) is 12.2 Å². The van der Waals surface area contributed by atoms with Crippen molar-refractivity contribution in [2.45, 2.75) is 36.2 Å². The number of halogens is 8. The van der Waals surface area contributed by atoms with Gasteiger partial charge in [0.1, 0.15) is 0 Å². The molecule has 1 fully saturated rings. The first kappa shape index (κ1) is 17.2. The van der Waals surface area contributed by atoms with Gasteiger partial charge in [-0.1, -0.05) is 6.58 Å². The van der Waals surface area contributed by atoms with Crippen LogP contribution >= 0.6 is 0 Å². The van der Waals surface area contributed by atoms with Gasteiger partial charge in [-0.3, -0.25) is 0 Å². The van der Waals surface area contributed by atoms with Crippen LogP contribution in [0, 0.1) is 0 Å². The Hall–Kier alpha value is -0.900. The lowest BCUT2D eigenvalue weighted by molar-refractivity contribution is -0.368. The van der Waals surface area contributed by atoms with Gasteiger partial charge in [0.2, 0.25) is 0 Å². The molecule has 0 radical (unpaired) electrons. The van der Waals surface area contributed by atoms with E-state index in [9.17, 15) is 35.1 Å². The SMILES string of the molecule is C=C(CO)C(F)(F)C(F)(F)C(F)(F)C(F)(F)C1(C)CO1. The molecule has 0 amide bonds. The van der Waals surface area contributed by atoms with Crippen LogP contribution in [-0.2, 0) is 4.74 Å². The molecule has 10 heteroatoms. The van der Waals surface area contributed by atoms with E-state index in [0.29, 0.717) is 6.92 Å². The minimum absolute atomic E-state index is 0.399. The molecule has 0 aromatic rings. The highest BCUT2D eigenvalue weighted by atomic mass is 19.4. The summed E-state index contributed by atoms with van der Waals surface area (Å²) in [6, 6.07) is 0. The first-order valence-corrected chi connectivity index (χ1v) is 5.13. The molecule has 2 nitrogen and oxygen atoms in total. The van der Waals surface area contributed by atoms with Gasteiger partial charge < -0.3 is 9.84 Å². The van der Waals surface area contributed by atoms with Gasteiger partial charge in [0.05, 0.1) is 13.2 Å². The number of aliphatic hydroxyl groups excluding tert-OH is 1. The molecule has 0 saturated carbocycles. The highest BCUT2D eigenvalue weighted by Crippen LogP contribution is 2.60. The van der Waals surface area contributed by atoms with Crippen molar-refractivity contribution in [3.63, 3.8) is 0 Å². The third kappa shape index (κ3) is 1.92. The molecule has 0 aliphatic carbocycles. The molecule has 0 spiro atoms. The molecule has 118 valence electrons. The molecule has 0 bridgehead atoms. The van der Waals surface area contributed by atoms with Crippen LogP contribution in [0.3, 0.4) is 0 Å². The Bertz CT molecular complexity index is 413. The molecule has 1 unspecified atom stereocenters. The monoisotopic (exact) mass is 314 g/mol. The van der Waals surface area contributed by atoms with Crippen LogP contribution in [0.2, 0.25) is 0 Å². The van der Waals surface area contributed by atoms with Crippen LogP contribution < -0.4 is 0 Å². The van der Waals surface area contributed by atoms with Crippen molar-refractivity contribution < 1.29 is 45.0 Å². The number of epoxide rings is 1. The highest BCUT2D eigenvalue weighted by Gasteiger charge is 2.86. The van der Waals surface area contributed by atoms with Crippen molar-refractivity contribution in [3.05, 3.63) is 12.2 Å². The normalized spacial score (nSPS) is 24.7. The van der Waals surface area contributed by atoms with E-state index in [-0.39, 0.29) is 0 Å². The second kappa shape index (κ2) is 4.30. The Labute approximate surface area is 108 Å². The zero-order chi connectivity index (χ0) is 16.2. The van der Waals surface area contributed by atoms with E-state index < -0.39 is 48.1 Å². The smallest absolute Gasteiger partial charge is 0.382 e. The first-order valence-electron chi connectivity index (χ1n) is 5.13. The van der Waals surface area contributed by atoms with Crippen LogP contribution in [0.1, 0.15) is 6.92 Å². The lowest BCUT2D eigenvalue weighted by Gasteiger charge is -2.38. The number of ether oxygens (including phenoxy) is 1. The van der Waals surface area contributed by atoms with Gasteiger partial charge in [-0.2, -0.15) is 35.1 Å². The average molecular weight is 314 g/mol. The Kier molecular flexibility index (Phi) is 3.68. The molecule has 0 aromatic carbocycles. The van der Waals surface area contributed by atoms with E-state index in [2.05, 4.69) is 11.3 Å². The van der Waals surface area contributed by atoms with Gasteiger partial charge in [0.15, 0.2) is 5.60 Å². The Morgan fingerprint density at radius 3 is 1.80 bits per heavy atom. The van der Waals surface area contributed by atoms with E-state index in [1.54, 1.807) is 0 Å². The average Bonchev–Trinajstić information content (AvgIpc) is 3.06. The van der Waals surface area contributed by atoms with Crippen molar-refractivity contribution in [2.24, 2.45) is 0 Å². The first-order chi connectivity index (χ1) is 8.69. The van der Waals surface area contributed by atoms with Crippen molar-refractivity contribution in [2.75, 3.05) is 13.2 Å². The van der Waals surface area contributed by atoms with Gasteiger partial charge in [-0.05, 0) is 6.92 Å². The number of aliphatic hydroxyl groups is 1. The van der Waals surface area contributed by atoms with Crippen LogP contribution in [0.4, 0.5) is 35.1 Å². The molecule has 1 atom stereocenters. The maximum atomic E-state index is 13.4. The second-order valence-electron chi connectivity index (χ2n) is 4.58. The molecule has 1 aliphatic heterocycles. The van der Waals surface area contributed by atoms with Crippen molar-refractivity contribution >= 4 is 0 Å². The number of hydrogen-bond acceptors (Lipinski definition) is 2.